The van der Waals surface area contributed by atoms with Gasteiger partial charge in [0.05, 0.1) is 27.2 Å². The van der Waals surface area contributed by atoms with Gasteiger partial charge in [0.15, 0.2) is 0 Å². The lowest BCUT2D eigenvalue weighted by molar-refractivity contribution is -0.141. The lowest BCUT2D eigenvalue weighted by atomic mass is 9.97. The molecular formula is C13H19NO5. The summed E-state index contributed by atoms with van der Waals surface area (Å²) < 4.78 is 15.7. The molecule has 0 spiro atoms. The van der Waals surface area contributed by atoms with Crippen LogP contribution in [0.15, 0.2) is 12.1 Å². The Kier molecular flexibility index (Phi) is 5.44. The second-order valence-corrected chi connectivity index (χ2v) is 3.99. The molecule has 0 saturated heterocycles. The van der Waals surface area contributed by atoms with E-state index in [-0.39, 0.29) is 13.0 Å². The average Bonchev–Trinajstić information content (AvgIpc) is 2.43. The predicted molar refractivity (Wildman–Crippen MR) is 70.0 cm³/mol. The zero-order chi connectivity index (χ0) is 14.4. The number of ether oxygens (including phenoxy) is 3. The third-order valence-electron chi connectivity index (χ3n) is 2.90. The first-order valence-electron chi connectivity index (χ1n) is 5.79. The topological polar surface area (TPSA) is 91.0 Å². The van der Waals surface area contributed by atoms with Crippen molar-refractivity contribution >= 4 is 5.97 Å². The number of hydrogen-bond acceptors (Lipinski definition) is 5. The molecule has 0 saturated carbocycles. The zero-order valence-electron chi connectivity index (χ0n) is 11.3. The molecule has 0 aromatic heterocycles. The maximum atomic E-state index is 11.1. The van der Waals surface area contributed by atoms with Crippen molar-refractivity contribution in [3.63, 3.8) is 0 Å². The molecule has 1 unspecified atom stereocenters. The number of benzene rings is 1. The van der Waals surface area contributed by atoms with Crippen molar-refractivity contribution in [1.29, 1.82) is 0 Å². The number of carboxylic acid groups (broad SMARTS) is 1. The molecule has 0 aliphatic heterocycles. The van der Waals surface area contributed by atoms with Gasteiger partial charge in [-0.05, 0) is 6.42 Å². The third-order valence-corrected chi connectivity index (χ3v) is 2.90. The van der Waals surface area contributed by atoms with Crippen molar-refractivity contribution in [2.75, 3.05) is 27.9 Å². The van der Waals surface area contributed by atoms with Crippen LogP contribution >= 0.6 is 0 Å². The summed E-state index contributed by atoms with van der Waals surface area (Å²) in [6.45, 7) is 0.0493. The van der Waals surface area contributed by atoms with Crippen LogP contribution in [0.4, 0.5) is 0 Å². The number of rotatable bonds is 7. The standard InChI is InChI=1S/C13H19NO5/c1-17-9-5-11(18-2)10(12(6-9)19-3)4-8(7-14)13(15)16/h5-6,8H,4,7,14H2,1-3H3,(H,15,16). The molecule has 0 fully saturated rings. The highest BCUT2D eigenvalue weighted by atomic mass is 16.5. The minimum absolute atomic E-state index is 0.0493. The zero-order valence-corrected chi connectivity index (χ0v) is 11.3. The highest BCUT2D eigenvalue weighted by Crippen LogP contribution is 2.35. The highest BCUT2D eigenvalue weighted by Gasteiger charge is 2.22. The van der Waals surface area contributed by atoms with Crippen LogP contribution in [0.5, 0.6) is 17.2 Å². The van der Waals surface area contributed by atoms with Crippen molar-refractivity contribution in [3.8, 4) is 17.2 Å². The summed E-state index contributed by atoms with van der Waals surface area (Å²) in [5.74, 6) is 0.00231. The van der Waals surface area contributed by atoms with E-state index in [4.69, 9.17) is 25.1 Å². The maximum absolute atomic E-state index is 11.1. The van der Waals surface area contributed by atoms with Crippen LogP contribution in [0.2, 0.25) is 0 Å². The predicted octanol–water partition coefficient (Wildman–Crippen LogP) is 0.914. The molecule has 1 aromatic carbocycles. The van der Waals surface area contributed by atoms with Crippen molar-refractivity contribution in [2.24, 2.45) is 11.7 Å². The van der Waals surface area contributed by atoms with Gasteiger partial charge < -0.3 is 25.1 Å². The Morgan fingerprint density at radius 2 is 1.74 bits per heavy atom. The molecule has 0 amide bonds. The largest absolute Gasteiger partial charge is 0.496 e. The van der Waals surface area contributed by atoms with Gasteiger partial charge in [-0.2, -0.15) is 0 Å². The summed E-state index contributed by atoms with van der Waals surface area (Å²) in [4.78, 5) is 11.1. The fraction of sp³-hybridized carbons (Fsp3) is 0.462. The van der Waals surface area contributed by atoms with E-state index in [1.165, 1.54) is 21.3 Å². The van der Waals surface area contributed by atoms with E-state index < -0.39 is 11.9 Å². The van der Waals surface area contributed by atoms with Crippen LogP contribution in [0.25, 0.3) is 0 Å². The van der Waals surface area contributed by atoms with Gasteiger partial charge >= 0.3 is 5.97 Å². The minimum Gasteiger partial charge on any atom is -0.496 e. The monoisotopic (exact) mass is 269 g/mol. The molecule has 1 aromatic rings. The van der Waals surface area contributed by atoms with Crippen molar-refractivity contribution in [1.82, 2.24) is 0 Å². The molecule has 0 heterocycles. The van der Waals surface area contributed by atoms with E-state index in [0.29, 0.717) is 22.8 Å². The number of methoxy groups -OCH3 is 3. The molecule has 6 nitrogen and oxygen atoms in total. The molecule has 6 heteroatoms. The van der Waals surface area contributed by atoms with E-state index in [1.807, 2.05) is 0 Å². The number of aliphatic carboxylic acids is 1. The Labute approximate surface area is 112 Å². The molecule has 19 heavy (non-hydrogen) atoms. The number of carboxylic acids is 1. The van der Waals surface area contributed by atoms with E-state index in [1.54, 1.807) is 12.1 Å². The van der Waals surface area contributed by atoms with Crippen molar-refractivity contribution in [2.45, 2.75) is 6.42 Å². The molecule has 0 aliphatic rings. The first-order chi connectivity index (χ1) is 9.07. The molecule has 3 N–H and O–H groups in total. The van der Waals surface area contributed by atoms with Crippen molar-refractivity contribution < 1.29 is 24.1 Å². The lowest BCUT2D eigenvalue weighted by Crippen LogP contribution is -2.25. The van der Waals surface area contributed by atoms with Gasteiger partial charge in [0.1, 0.15) is 17.2 Å². The Balaban J connectivity index is 3.20. The van der Waals surface area contributed by atoms with Gasteiger partial charge in [-0.1, -0.05) is 0 Å². The summed E-state index contributed by atoms with van der Waals surface area (Å²) in [5.41, 5.74) is 6.14. The average molecular weight is 269 g/mol. The van der Waals surface area contributed by atoms with Crippen LogP contribution in [-0.2, 0) is 11.2 Å². The summed E-state index contributed by atoms with van der Waals surface area (Å²) >= 11 is 0. The van der Waals surface area contributed by atoms with Crippen LogP contribution in [0.3, 0.4) is 0 Å². The van der Waals surface area contributed by atoms with Gasteiger partial charge in [0.2, 0.25) is 0 Å². The summed E-state index contributed by atoms with van der Waals surface area (Å²) in [6, 6.07) is 3.38. The second kappa shape index (κ2) is 6.84. The molecule has 0 radical (unpaired) electrons. The van der Waals surface area contributed by atoms with Gasteiger partial charge in [0, 0.05) is 24.2 Å². The van der Waals surface area contributed by atoms with E-state index in [0.717, 1.165) is 0 Å². The Morgan fingerprint density at radius 1 is 1.21 bits per heavy atom. The van der Waals surface area contributed by atoms with Gasteiger partial charge in [0.25, 0.3) is 0 Å². The van der Waals surface area contributed by atoms with Crippen LogP contribution < -0.4 is 19.9 Å². The van der Waals surface area contributed by atoms with Crippen LogP contribution in [0, 0.1) is 5.92 Å². The van der Waals surface area contributed by atoms with Gasteiger partial charge in [-0.25, -0.2) is 0 Å². The highest BCUT2D eigenvalue weighted by molar-refractivity contribution is 5.71. The SMILES string of the molecule is COc1cc(OC)c(CC(CN)C(=O)O)c(OC)c1. The Bertz CT molecular complexity index is 422. The number of hydrogen-bond donors (Lipinski definition) is 2. The third kappa shape index (κ3) is 3.51. The van der Waals surface area contributed by atoms with E-state index in [2.05, 4.69) is 0 Å². The number of nitrogens with two attached hydrogens (primary N) is 1. The summed E-state index contributed by atoms with van der Waals surface area (Å²) in [6.07, 6.45) is 0.238. The quantitative estimate of drug-likeness (QED) is 0.764. The Hall–Kier alpha value is -1.95. The second-order valence-electron chi connectivity index (χ2n) is 3.99. The fourth-order valence-electron chi connectivity index (χ4n) is 1.80. The molecule has 0 aliphatic carbocycles. The molecule has 106 valence electrons. The minimum atomic E-state index is -0.942. The molecular weight excluding hydrogens is 250 g/mol. The molecule has 1 atom stereocenters. The first-order valence-corrected chi connectivity index (χ1v) is 5.79. The van der Waals surface area contributed by atoms with Crippen LogP contribution in [0.1, 0.15) is 5.56 Å². The maximum Gasteiger partial charge on any atom is 0.308 e. The first kappa shape index (κ1) is 15.1. The molecule has 0 bridgehead atoms. The van der Waals surface area contributed by atoms with E-state index >= 15 is 0 Å². The van der Waals surface area contributed by atoms with Crippen LogP contribution in [-0.4, -0.2) is 38.9 Å². The number of carbonyl (C=O) groups is 1. The fourth-order valence-corrected chi connectivity index (χ4v) is 1.80. The smallest absolute Gasteiger partial charge is 0.308 e. The van der Waals surface area contributed by atoms with Gasteiger partial charge in [-0.3, -0.25) is 4.79 Å². The lowest BCUT2D eigenvalue weighted by Gasteiger charge is -2.17. The van der Waals surface area contributed by atoms with E-state index in [9.17, 15) is 4.79 Å². The summed E-state index contributed by atoms with van der Waals surface area (Å²) in [7, 11) is 4.56. The Morgan fingerprint density at radius 3 is 2.05 bits per heavy atom. The normalized spacial score (nSPS) is 11.8. The molecule has 1 rings (SSSR count). The summed E-state index contributed by atoms with van der Waals surface area (Å²) in [5, 5.41) is 9.08. The van der Waals surface area contributed by atoms with Crippen molar-refractivity contribution in [3.05, 3.63) is 17.7 Å². The van der Waals surface area contributed by atoms with Gasteiger partial charge in [-0.15, -0.1) is 0 Å².